The average molecular weight is 448 g/mol. The Morgan fingerprint density at radius 1 is 1.03 bits per heavy atom. The third-order valence-corrected chi connectivity index (χ3v) is 9.91. The van der Waals surface area contributed by atoms with Gasteiger partial charge in [0.1, 0.15) is 0 Å². The van der Waals surface area contributed by atoms with Crippen molar-refractivity contribution >= 4 is 27.3 Å². The summed E-state index contributed by atoms with van der Waals surface area (Å²) in [5, 5.41) is 2.88. The van der Waals surface area contributed by atoms with Gasteiger partial charge in [0, 0.05) is 37.6 Å². The molecule has 5 rings (SSSR count). The SMILES string of the molecule is O=C(Nc1ccc(N2CCOCC2)cc1)[C@H]1CN(S(=O)(=O)C2CC2)CC12CCCCC2. The predicted octanol–water partition coefficient (Wildman–Crippen LogP) is 2.84. The number of hydrogen-bond acceptors (Lipinski definition) is 5. The molecule has 1 N–H and O–H groups in total. The molecule has 2 aliphatic carbocycles. The van der Waals surface area contributed by atoms with E-state index in [0.29, 0.717) is 13.1 Å². The van der Waals surface area contributed by atoms with E-state index in [2.05, 4.69) is 10.2 Å². The molecule has 0 unspecified atom stereocenters. The second kappa shape index (κ2) is 8.37. The Morgan fingerprint density at radius 3 is 2.35 bits per heavy atom. The van der Waals surface area contributed by atoms with Crippen molar-refractivity contribution in [1.29, 1.82) is 0 Å². The minimum Gasteiger partial charge on any atom is -0.378 e. The largest absolute Gasteiger partial charge is 0.378 e. The maximum absolute atomic E-state index is 13.4. The van der Waals surface area contributed by atoms with Crippen LogP contribution in [0.15, 0.2) is 24.3 Å². The standard InChI is InChI=1S/C23H33N3O4S/c27-22(24-18-4-6-19(7-5-18)25-12-14-30-15-13-25)21-16-26(31(28,29)20-8-9-20)17-23(21)10-2-1-3-11-23/h4-7,20-21H,1-3,8-17H2,(H,24,27)/t21-/m1/s1. The highest BCUT2D eigenvalue weighted by Crippen LogP contribution is 2.50. The van der Waals surface area contributed by atoms with Crippen molar-refractivity contribution in [2.24, 2.45) is 11.3 Å². The number of morpholine rings is 1. The molecule has 0 aromatic heterocycles. The van der Waals surface area contributed by atoms with E-state index in [1.165, 1.54) is 6.42 Å². The summed E-state index contributed by atoms with van der Waals surface area (Å²) in [5.74, 6) is -0.310. The van der Waals surface area contributed by atoms with Gasteiger partial charge in [-0.1, -0.05) is 19.3 Å². The molecule has 1 atom stereocenters. The monoisotopic (exact) mass is 447 g/mol. The van der Waals surface area contributed by atoms with Crippen LogP contribution in [0, 0.1) is 11.3 Å². The normalized spacial score (nSPS) is 26.8. The fraction of sp³-hybridized carbons (Fsp3) is 0.696. The summed E-state index contributed by atoms with van der Waals surface area (Å²) in [7, 11) is -3.26. The van der Waals surface area contributed by atoms with E-state index in [1.54, 1.807) is 4.31 Å². The van der Waals surface area contributed by atoms with Gasteiger partial charge in [-0.25, -0.2) is 12.7 Å². The van der Waals surface area contributed by atoms with E-state index < -0.39 is 10.0 Å². The number of carbonyl (C=O) groups excluding carboxylic acids is 1. The first-order valence-electron chi connectivity index (χ1n) is 11.7. The van der Waals surface area contributed by atoms with E-state index >= 15 is 0 Å². The van der Waals surface area contributed by atoms with Crippen molar-refractivity contribution in [2.75, 3.05) is 49.6 Å². The maximum Gasteiger partial charge on any atom is 0.229 e. The number of benzene rings is 1. The van der Waals surface area contributed by atoms with Crippen LogP contribution in [-0.4, -0.2) is 63.3 Å². The highest BCUT2D eigenvalue weighted by molar-refractivity contribution is 7.90. The Labute approximate surface area is 185 Å². The number of rotatable bonds is 5. The van der Waals surface area contributed by atoms with Crippen LogP contribution in [-0.2, 0) is 19.6 Å². The zero-order valence-electron chi connectivity index (χ0n) is 18.1. The smallest absolute Gasteiger partial charge is 0.229 e. The number of nitrogens with zero attached hydrogens (tertiary/aromatic N) is 2. The lowest BCUT2D eigenvalue weighted by Gasteiger charge is -2.37. The van der Waals surface area contributed by atoms with Crippen LogP contribution in [0.2, 0.25) is 0 Å². The minimum absolute atomic E-state index is 0.0329. The molecular formula is C23H33N3O4S. The number of anilines is 2. The molecule has 1 amide bonds. The number of hydrogen-bond donors (Lipinski definition) is 1. The number of amides is 1. The van der Waals surface area contributed by atoms with E-state index in [0.717, 1.165) is 76.2 Å². The van der Waals surface area contributed by atoms with Crippen LogP contribution in [0.3, 0.4) is 0 Å². The summed E-state index contributed by atoms with van der Waals surface area (Å²) in [4.78, 5) is 15.7. The topological polar surface area (TPSA) is 79.0 Å². The van der Waals surface area contributed by atoms with E-state index in [4.69, 9.17) is 4.74 Å². The van der Waals surface area contributed by atoms with E-state index in [1.807, 2.05) is 24.3 Å². The Bertz CT molecular complexity index is 901. The molecule has 7 nitrogen and oxygen atoms in total. The molecule has 1 spiro atoms. The van der Waals surface area contributed by atoms with Gasteiger partial charge < -0.3 is 15.0 Å². The van der Waals surface area contributed by atoms with Gasteiger partial charge in [-0.15, -0.1) is 0 Å². The molecule has 2 aliphatic heterocycles. The summed E-state index contributed by atoms with van der Waals surface area (Å²) < 4.78 is 32.9. The molecular weight excluding hydrogens is 414 g/mol. The summed E-state index contributed by atoms with van der Waals surface area (Å²) in [6, 6.07) is 7.97. The molecule has 1 aromatic rings. The average Bonchev–Trinajstić information content (AvgIpc) is 3.59. The molecule has 8 heteroatoms. The maximum atomic E-state index is 13.4. The van der Waals surface area contributed by atoms with Gasteiger partial charge in [0.2, 0.25) is 15.9 Å². The summed E-state index contributed by atoms with van der Waals surface area (Å²) >= 11 is 0. The lowest BCUT2D eigenvalue weighted by molar-refractivity contribution is -0.123. The highest BCUT2D eigenvalue weighted by atomic mass is 32.2. The van der Waals surface area contributed by atoms with Crippen LogP contribution in [0.4, 0.5) is 11.4 Å². The molecule has 0 bridgehead atoms. The molecule has 2 saturated heterocycles. The van der Waals surface area contributed by atoms with Crippen molar-refractivity contribution in [2.45, 2.75) is 50.2 Å². The minimum atomic E-state index is -3.26. The van der Waals surface area contributed by atoms with Gasteiger partial charge in [-0.05, 0) is 55.4 Å². The first kappa shape index (κ1) is 21.2. The van der Waals surface area contributed by atoms with Crippen LogP contribution in [0.1, 0.15) is 44.9 Å². The van der Waals surface area contributed by atoms with Gasteiger partial charge in [-0.3, -0.25) is 4.79 Å². The molecule has 2 heterocycles. The first-order valence-corrected chi connectivity index (χ1v) is 13.2. The zero-order chi connectivity index (χ0) is 21.5. The molecule has 0 radical (unpaired) electrons. The lowest BCUT2D eigenvalue weighted by atomic mass is 9.67. The number of sulfonamides is 1. The summed E-state index contributed by atoms with van der Waals surface area (Å²) in [6.07, 6.45) is 6.74. The Morgan fingerprint density at radius 2 is 1.71 bits per heavy atom. The van der Waals surface area contributed by atoms with Gasteiger partial charge >= 0.3 is 0 Å². The number of carbonyl (C=O) groups is 1. The van der Waals surface area contributed by atoms with Crippen LogP contribution in [0.5, 0.6) is 0 Å². The first-order chi connectivity index (χ1) is 15.0. The Kier molecular flexibility index (Phi) is 5.73. The number of nitrogens with one attached hydrogen (secondary N) is 1. The lowest BCUT2D eigenvalue weighted by Crippen LogP contribution is -2.39. The van der Waals surface area contributed by atoms with Crippen LogP contribution < -0.4 is 10.2 Å². The molecule has 31 heavy (non-hydrogen) atoms. The molecule has 4 fully saturated rings. The van der Waals surface area contributed by atoms with Crippen molar-refractivity contribution in [3.05, 3.63) is 24.3 Å². The van der Waals surface area contributed by atoms with E-state index in [-0.39, 0.29) is 22.5 Å². The van der Waals surface area contributed by atoms with Crippen LogP contribution >= 0.6 is 0 Å². The third kappa shape index (κ3) is 4.22. The number of ether oxygens (including phenoxy) is 1. The highest BCUT2D eigenvalue weighted by Gasteiger charge is 2.55. The second-order valence-corrected chi connectivity index (χ2v) is 11.9. The van der Waals surface area contributed by atoms with Crippen molar-refractivity contribution in [3.8, 4) is 0 Å². The molecule has 170 valence electrons. The fourth-order valence-electron chi connectivity index (χ4n) is 5.62. The Hall–Kier alpha value is -1.64. The zero-order valence-corrected chi connectivity index (χ0v) is 18.9. The van der Waals surface area contributed by atoms with Crippen molar-refractivity contribution < 1.29 is 17.9 Å². The molecule has 4 aliphatic rings. The van der Waals surface area contributed by atoms with Crippen LogP contribution in [0.25, 0.3) is 0 Å². The second-order valence-electron chi connectivity index (χ2n) is 9.65. The van der Waals surface area contributed by atoms with Gasteiger partial charge in [-0.2, -0.15) is 0 Å². The fourth-order valence-corrected chi connectivity index (χ4v) is 7.57. The van der Waals surface area contributed by atoms with Gasteiger partial charge in [0.05, 0.1) is 24.4 Å². The molecule has 2 saturated carbocycles. The summed E-state index contributed by atoms with van der Waals surface area (Å²) in [5.41, 5.74) is 1.70. The van der Waals surface area contributed by atoms with Gasteiger partial charge in [0.25, 0.3) is 0 Å². The van der Waals surface area contributed by atoms with E-state index in [9.17, 15) is 13.2 Å². The van der Waals surface area contributed by atoms with Gasteiger partial charge in [0.15, 0.2) is 0 Å². The van der Waals surface area contributed by atoms with Crippen molar-refractivity contribution in [3.63, 3.8) is 0 Å². The van der Waals surface area contributed by atoms with Crippen molar-refractivity contribution in [1.82, 2.24) is 4.31 Å². The summed E-state index contributed by atoms with van der Waals surface area (Å²) in [6.45, 7) is 4.07. The predicted molar refractivity (Wildman–Crippen MR) is 121 cm³/mol. The quantitative estimate of drug-likeness (QED) is 0.751. The Balaban J connectivity index is 1.30. The third-order valence-electron chi connectivity index (χ3n) is 7.60. The molecule has 1 aromatic carbocycles.